The van der Waals surface area contributed by atoms with Gasteiger partial charge in [0.15, 0.2) is 23.0 Å². The van der Waals surface area contributed by atoms with Crippen molar-refractivity contribution >= 4 is 289 Å². The molecule has 0 aliphatic rings. The van der Waals surface area contributed by atoms with Crippen molar-refractivity contribution in [3.8, 4) is 46.0 Å². The second-order valence-electron chi connectivity index (χ2n) is 21.1. The van der Waals surface area contributed by atoms with E-state index >= 15 is 0 Å². The van der Waals surface area contributed by atoms with Gasteiger partial charge < -0.3 is 34.7 Å². The standard InChI is InChI=1S/C19H12Cl4N2O5S.2C13H9Cl3N2O5S.C12H5Cl4NO5S.C6H6BClO2.CH2Cl2.CH5N.ClH/c1-24(12-4-2-3-11(20)7-12)31(28,29)14-9-16(22)19(17(23)10-14)30-18-6-5-13(25(26)27)8-15(18)21;2*1-17-24(21,22)8-5-10(15)13(11(16)6-8)23-12-3-2-7(18(19)20)4-9(12)14;13-8-3-6(17(18)19)1-2-11(8)22-12-9(14)4-7(5-10(12)15)23(16,20)21;8-6-3-1-2-5(4-6)7(9)10;2-1-3;1-2;/h2-10H,1H3;2*2-6,17H,1H3;1-5H;1-4,9-10H;1H2;2H2,1H3;1H. The minimum absolute atomic E-state index is 0. The van der Waals surface area contributed by atoms with Gasteiger partial charge in [-0.05, 0) is 130 Å². The van der Waals surface area contributed by atoms with E-state index in [0.29, 0.717) is 21.2 Å². The van der Waals surface area contributed by atoms with Gasteiger partial charge in [-0.25, -0.2) is 43.1 Å². The van der Waals surface area contributed by atoms with Gasteiger partial charge in [0.05, 0.1) is 111 Å². The van der Waals surface area contributed by atoms with E-state index in [1.807, 2.05) is 0 Å². The Hall–Kier alpha value is -6.32. The lowest BCUT2D eigenvalue weighted by Gasteiger charge is -2.20. The van der Waals surface area contributed by atoms with Gasteiger partial charge in [0.25, 0.3) is 41.8 Å². The van der Waals surface area contributed by atoms with Gasteiger partial charge in [0, 0.05) is 76.3 Å². The third-order valence-electron chi connectivity index (χ3n) is 13.7. The van der Waals surface area contributed by atoms with E-state index in [1.165, 1.54) is 101 Å². The van der Waals surface area contributed by atoms with Gasteiger partial charge in [-0.15, -0.1) is 35.6 Å². The molecule has 0 radical (unpaired) electrons. The van der Waals surface area contributed by atoms with Gasteiger partial charge in [-0.2, -0.15) is 0 Å². The molecule has 30 nitrogen and oxygen atoms in total. The van der Waals surface area contributed by atoms with Crippen LogP contribution >= 0.6 is 209 Å². The monoisotopic (exact) mass is 2060 g/mol. The molecule has 0 heterocycles. The highest BCUT2D eigenvalue weighted by atomic mass is 35.7. The number of nitrogens with one attached hydrogen (secondary N) is 2. The molecule has 53 heteroatoms. The topological polar surface area (TPSA) is 440 Å². The normalized spacial score (nSPS) is 10.8. The lowest BCUT2D eigenvalue weighted by molar-refractivity contribution is -0.385. The lowest BCUT2D eigenvalue weighted by atomic mass is 9.81. The molecule has 0 bridgehead atoms. The number of ether oxygens (including phenoxy) is 4. The number of alkyl halides is 2. The summed E-state index contributed by atoms with van der Waals surface area (Å²) in [5.41, 5.74) is 4.40. The number of rotatable bonds is 21. The predicted octanol–water partition coefficient (Wildman–Crippen LogP) is 22.0. The predicted molar refractivity (Wildman–Crippen MR) is 466 cm³/mol. The fourth-order valence-electron chi connectivity index (χ4n) is 8.19. The summed E-state index contributed by atoms with van der Waals surface area (Å²) in [6.45, 7) is 0. The number of benzene rings is 10. The van der Waals surface area contributed by atoms with E-state index in [-0.39, 0.29) is 166 Å². The molecule has 0 aliphatic heterocycles. The van der Waals surface area contributed by atoms with Crippen molar-refractivity contribution < 1.29 is 82.4 Å². The fraction of sp³-hybridized carbons (Fsp3) is 0.0769. The number of nitrogens with two attached hydrogens (primary N) is 1. The van der Waals surface area contributed by atoms with Crippen LogP contribution in [0.1, 0.15) is 0 Å². The van der Waals surface area contributed by atoms with Crippen molar-refractivity contribution in [2.45, 2.75) is 19.6 Å². The molecule has 0 aromatic heterocycles. The van der Waals surface area contributed by atoms with Crippen LogP contribution in [-0.4, -0.2) is 104 Å². The van der Waals surface area contributed by atoms with Crippen molar-refractivity contribution in [1.29, 1.82) is 0 Å². The van der Waals surface area contributed by atoms with E-state index in [2.05, 4.69) is 15.2 Å². The summed E-state index contributed by atoms with van der Waals surface area (Å²) in [7, 11) is -6.35. The van der Waals surface area contributed by atoms with Crippen LogP contribution in [0.15, 0.2) is 189 Å². The number of hydrogen-bond acceptors (Lipinski definition) is 23. The SMILES string of the molecule is CN.CN(c1cccc(Cl)c1)S(=O)(=O)c1cc(Cl)c(Oc2ccc([N+](=O)[O-])cc2Cl)c(Cl)c1.CNS(=O)(=O)c1cc(Cl)c(Oc2ccc([N+](=O)[O-])cc2Cl)c(Cl)c1.CNS(=O)(=O)c1cc(Cl)c(Oc2ccc([N+](=O)[O-])cc2Cl)c(Cl)c1.Cl.ClCCl.O=[N+]([O-])c1ccc(Oc2c(Cl)cc(S(=O)(=O)Cl)cc2Cl)c(Cl)c1.OB(O)c1cccc(Cl)c1. The Bertz CT molecular complexity index is 5590. The van der Waals surface area contributed by atoms with Crippen LogP contribution < -0.4 is 43.9 Å². The van der Waals surface area contributed by atoms with Crippen LogP contribution in [0, 0.1) is 40.5 Å². The van der Waals surface area contributed by atoms with Crippen molar-refractivity contribution in [3.05, 3.63) is 281 Å². The minimum atomic E-state index is -4.02. The quantitative estimate of drug-likeness (QED) is 0.0147. The third kappa shape index (κ3) is 30.6. The van der Waals surface area contributed by atoms with Crippen molar-refractivity contribution in [1.82, 2.24) is 9.44 Å². The van der Waals surface area contributed by atoms with Crippen LogP contribution in [0.25, 0.3) is 0 Å². The van der Waals surface area contributed by atoms with Crippen molar-refractivity contribution in [2.75, 3.05) is 37.8 Å². The van der Waals surface area contributed by atoms with Crippen LogP contribution in [0.3, 0.4) is 0 Å². The Labute approximate surface area is 762 Å². The van der Waals surface area contributed by atoms with Gasteiger partial charge in [0.1, 0.15) is 23.0 Å². The fourth-order valence-corrected chi connectivity index (χ4v) is 15.8. The Kier molecular flexibility index (Phi) is 43.0. The maximum absolute atomic E-state index is 13.0. The summed E-state index contributed by atoms with van der Waals surface area (Å²) in [6, 6.07) is 36.2. The Morgan fingerprint density at radius 2 is 0.636 bits per heavy atom. The zero-order valence-corrected chi connectivity index (χ0v) is 75.7. The highest BCUT2D eigenvalue weighted by Crippen LogP contribution is 2.47. The largest absolute Gasteiger partial charge is 0.488 e. The molecule has 118 heavy (non-hydrogen) atoms. The summed E-state index contributed by atoms with van der Waals surface area (Å²) in [5.74, 6) is 0.112. The summed E-state index contributed by atoms with van der Waals surface area (Å²) in [4.78, 5) is 39.7. The zero-order chi connectivity index (χ0) is 88.7. The Morgan fingerprint density at radius 1 is 0.390 bits per heavy atom. The minimum Gasteiger partial charge on any atom is -0.453 e. The molecule has 6 N–H and O–H groups in total. The summed E-state index contributed by atoms with van der Waals surface area (Å²) < 4.78 is 123. The van der Waals surface area contributed by atoms with E-state index < -0.39 is 65.9 Å². The number of anilines is 1. The second-order valence-corrected chi connectivity index (χ2v) is 36.0. The maximum Gasteiger partial charge on any atom is 0.488 e. The molecule has 0 amide bonds. The molecule has 0 saturated heterocycles. The highest BCUT2D eigenvalue weighted by Gasteiger charge is 2.28. The maximum atomic E-state index is 13.0. The average molecular weight is 2070 g/mol. The zero-order valence-electron chi connectivity index (χ0n) is 58.8. The van der Waals surface area contributed by atoms with E-state index in [4.69, 9.17) is 225 Å². The van der Waals surface area contributed by atoms with E-state index in [0.717, 1.165) is 65.0 Å². The van der Waals surface area contributed by atoms with E-state index in [1.54, 1.807) is 36.4 Å². The first-order valence-corrected chi connectivity index (χ1v) is 43.4. The molecule has 634 valence electrons. The molecular weight excluding hydrogens is 2020 g/mol. The molecule has 0 aliphatic carbocycles. The summed E-state index contributed by atoms with van der Waals surface area (Å²) in [6.07, 6.45) is 0. The highest BCUT2D eigenvalue weighted by molar-refractivity contribution is 8.13. The molecule has 0 atom stereocenters. The Morgan fingerprint density at radius 3 is 0.847 bits per heavy atom. The number of halogens is 18. The van der Waals surface area contributed by atoms with Crippen LogP contribution in [0.2, 0.25) is 70.3 Å². The number of hydrogen-bond donors (Lipinski definition) is 5. The third-order valence-corrected chi connectivity index (χ3v) is 23.4. The first-order chi connectivity index (χ1) is 54.5. The van der Waals surface area contributed by atoms with Gasteiger partial charge >= 0.3 is 7.12 Å². The molecule has 10 aromatic rings. The second kappa shape index (κ2) is 47.9. The van der Waals surface area contributed by atoms with Gasteiger partial charge in [0.2, 0.25) is 20.0 Å². The molecular formula is C65H49BCl18N8O22S4. The Balaban J connectivity index is 0.000000385. The average Bonchev–Trinajstić information content (AvgIpc) is 0.784. The first-order valence-electron chi connectivity index (χ1n) is 30.3. The number of nitro benzene ring substituents is 4. The summed E-state index contributed by atoms with van der Waals surface area (Å²) in [5, 5.41) is 60.4. The van der Waals surface area contributed by atoms with Crippen molar-refractivity contribution in [3.63, 3.8) is 0 Å². The number of sulfonamides is 3. The first kappa shape index (κ1) is 106. The van der Waals surface area contributed by atoms with Crippen LogP contribution in [-0.2, 0) is 39.1 Å². The number of nitrogens with zero attached hydrogens (tertiary/aromatic N) is 5. The molecule has 10 aromatic carbocycles. The summed E-state index contributed by atoms with van der Waals surface area (Å²) >= 11 is 93.3. The smallest absolute Gasteiger partial charge is 0.453 e. The van der Waals surface area contributed by atoms with Crippen LogP contribution in [0.4, 0.5) is 28.4 Å². The molecule has 0 fully saturated rings. The number of non-ortho nitro benzene ring substituents is 4. The van der Waals surface area contributed by atoms with Crippen molar-refractivity contribution in [2.24, 2.45) is 5.73 Å². The van der Waals surface area contributed by atoms with Gasteiger partial charge in [-0.3, -0.25) is 44.8 Å². The number of nitro groups is 4. The van der Waals surface area contributed by atoms with E-state index in [9.17, 15) is 74.1 Å². The van der Waals surface area contributed by atoms with Gasteiger partial charge in [-0.1, -0.05) is 181 Å². The molecule has 0 spiro atoms. The lowest BCUT2D eigenvalue weighted by Crippen LogP contribution is -2.29. The molecule has 0 unspecified atom stereocenters. The molecule has 0 saturated carbocycles. The van der Waals surface area contributed by atoms with Crippen LogP contribution in [0.5, 0.6) is 46.0 Å². The molecule has 10 rings (SSSR count).